The molecular weight excluding hydrogens is 448 g/mol. The Kier molecular flexibility index (Phi) is 5.64. The van der Waals surface area contributed by atoms with E-state index in [4.69, 9.17) is 0 Å². The number of nitro groups is 1. The Hall–Kier alpha value is -2.67. The number of carbonyl (C=O) groups excluding carboxylic acids is 1. The molecule has 1 N–H and O–H groups in total. The van der Waals surface area contributed by atoms with Gasteiger partial charge in [0.1, 0.15) is 10.3 Å². The molecule has 0 radical (unpaired) electrons. The van der Waals surface area contributed by atoms with Crippen molar-refractivity contribution in [3.63, 3.8) is 0 Å². The van der Waals surface area contributed by atoms with Gasteiger partial charge in [0.2, 0.25) is 5.91 Å². The summed E-state index contributed by atoms with van der Waals surface area (Å²) in [5.74, 6) is -0.419. The number of thiazole rings is 1. The van der Waals surface area contributed by atoms with Gasteiger partial charge in [-0.2, -0.15) is 4.31 Å². The predicted octanol–water partition coefficient (Wildman–Crippen LogP) is 3.57. The number of rotatable bonds is 6. The molecule has 0 saturated carbocycles. The van der Waals surface area contributed by atoms with Crippen LogP contribution in [0.15, 0.2) is 51.4 Å². The van der Waals surface area contributed by atoms with E-state index in [9.17, 15) is 23.3 Å². The molecule has 2 aromatic heterocycles. The molecule has 3 heterocycles. The highest BCUT2D eigenvalue weighted by molar-refractivity contribution is 7.91. The van der Waals surface area contributed by atoms with Crippen LogP contribution in [-0.2, 0) is 14.8 Å². The van der Waals surface area contributed by atoms with Gasteiger partial charge in [0.05, 0.1) is 10.6 Å². The van der Waals surface area contributed by atoms with Gasteiger partial charge >= 0.3 is 0 Å². The Morgan fingerprint density at radius 2 is 2.00 bits per heavy atom. The second-order valence-corrected chi connectivity index (χ2v) is 10.5. The van der Waals surface area contributed by atoms with Crippen LogP contribution in [0, 0.1) is 10.1 Å². The molecule has 1 fully saturated rings. The van der Waals surface area contributed by atoms with E-state index in [-0.39, 0.29) is 9.90 Å². The van der Waals surface area contributed by atoms with E-state index in [2.05, 4.69) is 10.3 Å². The SMILES string of the molecule is O=C(Nc1nc(-c2ccc([N+](=O)[O-])cc2)cs1)C1CCCN1S(=O)(=O)c1cccs1. The first kappa shape index (κ1) is 20.6. The summed E-state index contributed by atoms with van der Waals surface area (Å²) < 4.78 is 27.1. The molecule has 30 heavy (non-hydrogen) atoms. The molecule has 1 saturated heterocycles. The summed E-state index contributed by atoms with van der Waals surface area (Å²) in [6.45, 7) is 0.296. The number of hydrogen-bond acceptors (Lipinski definition) is 8. The number of nitrogens with one attached hydrogen (secondary N) is 1. The molecule has 156 valence electrons. The van der Waals surface area contributed by atoms with Gasteiger partial charge in [-0.25, -0.2) is 13.4 Å². The lowest BCUT2D eigenvalue weighted by Crippen LogP contribution is -2.42. The van der Waals surface area contributed by atoms with E-state index < -0.39 is 26.9 Å². The first-order valence-electron chi connectivity index (χ1n) is 8.93. The summed E-state index contributed by atoms with van der Waals surface area (Å²) in [5, 5.41) is 17.2. The van der Waals surface area contributed by atoms with Gasteiger partial charge in [-0.3, -0.25) is 14.9 Å². The highest BCUT2D eigenvalue weighted by Crippen LogP contribution is 2.30. The zero-order valence-corrected chi connectivity index (χ0v) is 17.9. The van der Waals surface area contributed by atoms with Crippen molar-refractivity contribution in [2.45, 2.75) is 23.1 Å². The lowest BCUT2D eigenvalue weighted by atomic mass is 10.1. The van der Waals surface area contributed by atoms with Crippen molar-refractivity contribution >= 4 is 49.4 Å². The minimum atomic E-state index is -3.71. The van der Waals surface area contributed by atoms with E-state index in [1.807, 2.05) is 0 Å². The van der Waals surface area contributed by atoms with Gasteiger partial charge in [0, 0.05) is 29.6 Å². The summed E-state index contributed by atoms with van der Waals surface area (Å²) in [5.41, 5.74) is 1.23. The monoisotopic (exact) mass is 464 g/mol. The summed E-state index contributed by atoms with van der Waals surface area (Å²) in [6.07, 6.45) is 1.05. The lowest BCUT2D eigenvalue weighted by Gasteiger charge is -2.22. The van der Waals surface area contributed by atoms with Gasteiger partial charge in [0.25, 0.3) is 15.7 Å². The molecule has 1 aromatic carbocycles. The van der Waals surface area contributed by atoms with Crippen LogP contribution in [0.1, 0.15) is 12.8 Å². The molecule has 4 rings (SSSR count). The molecule has 1 unspecified atom stereocenters. The molecule has 12 heteroatoms. The van der Waals surface area contributed by atoms with Gasteiger partial charge in [0.15, 0.2) is 5.13 Å². The number of anilines is 1. The smallest absolute Gasteiger partial charge is 0.269 e. The van der Waals surface area contributed by atoms with Crippen LogP contribution < -0.4 is 5.32 Å². The highest BCUT2D eigenvalue weighted by Gasteiger charge is 2.40. The summed E-state index contributed by atoms with van der Waals surface area (Å²) in [6, 6.07) is 8.36. The van der Waals surface area contributed by atoms with Gasteiger partial charge < -0.3 is 5.32 Å². The van der Waals surface area contributed by atoms with Gasteiger partial charge in [-0.1, -0.05) is 6.07 Å². The van der Waals surface area contributed by atoms with E-state index in [0.29, 0.717) is 35.8 Å². The fourth-order valence-corrected chi connectivity index (χ4v) is 6.72. The largest absolute Gasteiger partial charge is 0.301 e. The van der Waals surface area contributed by atoms with E-state index in [1.54, 1.807) is 29.0 Å². The van der Waals surface area contributed by atoms with Crippen LogP contribution in [0.5, 0.6) is 0 Å². The number of carbonyl (C=O) groups is 1. The molecule has 0 aliphatic carbocycles. The Labute approximate surface area is 180 Å². The van der Waals surface area contributed by atoms with E-state index in [0.717, 1.165) is 11.3 Å². The molecule has 1 aliphatic rings. The van der Waals surface area contributed by atoms with Crippen LogP contribution in [0.4, 0.5) is 10.8 Å². The summed E-state index contributed by atoms with van der Waals surface area (Å²) in [7, 11) is -3.71. The number of hydrogen-bond donors (Lipinski definition) is 1. The normalized spacial score (nSPS) is 17.1. The zero-order chi connectivity index (χ0) is 21.3. The number of benzene rings is 1. The number of thiophene rings is 1. The maximum absolute atomic E-state index is 12.8. The van der Waals surface area contributed by atoms with E-state index >= 15 is 0 Å². The third kappa shape index (κ3) is 3.99. The van der Waals surface area contributed by atoms with Crippen molar-refractivity contribution in [2.24, 2.45) is 0 Å². The van der Waals surface area contributed by atoms with E-state index in [1.165, 1.54) is 33.8 Å². The number of aromatic nitrogens is 1. The number of non-ortho nitro benzene ring substituents is 1. The molecule has 1 atom stereocenters. The highest BCUT2D eigenvalue weighted by atomic mass is 32.2. The number of sulfonamides is 1. The lowest BCUT2D eigenvalue weighted by molar-refractivity contribution is -0.384. The Morgan fingerprint density at radius 3 is 2.67 bits per heavy atom. The molecule has 0 bridgehead atoms. The van der Waals surface area contributed by atoms with Gasteiger partial charge in [-0.05, 0) is 36.4 Å². The average molecular weight is 465 g/mol. The van der Waals surface area contributed by atoms with Crippen molar-refractivity contribution in [3.05, 3.63) is 57.3 Å². The molecule has 3 aromatic rings. The summed E-state index contributed by atoms with van der Waals surface area (Å²) >= 11 is 2.33. The first-order chi connectivity index (χ1) is 14.4. The fourth-order valence-electron chi connectivity index (χ4n) is 3.22. The third-order valence-corrected chi connectivity index (χ3v) is 8.71. The first-order valence-corrected chi connectivity index (χ1v) is 12.1. The van der Waals surface area contributed by atoms with Crippen molar-refractivity contribution in [1.82, 2.24) is 9.29 Å². The minimum Gasteiger partial charge on any atom is -0.301 e. The molecular formula is C18H16N4O5S3. The van der Waals surface area contributed by atoms with Crippen LogP contribution in [0.2, 0.25) is 0 Å². The predicted molar refractivity (Wildman–Crippen MR) is 114 cm³/mol. The topological polar surface area (TPSA) is 123 Å². The third-order valence-electron chi connectivity index (χ3n) is 4.67. The van der Waals surface area contributed by atoms with Crippen LogP contribution in [-0.4, -0.2) is 41.1 Å². The van der Waals surface area contributed by atoms with Crippen molar-refractivity contribution in [3.8, 4) is 11.3 Å². The molecule has 9 nitrogen and oxygen atoms in total. The maximum atomic E-state index is 12.8. The van der Waals surface area contributed by atoms with Crippen molar-refractivity contribution < 1.29 is 18.1 Å². The minimum absolute atomic E-state index is 0.0178. The molecule has 1 amide bonds. The number of nitrogens with zero attached hydrogens (tertiary/aromatic N) is 3. The zero-order valence-electron chi connectivity index (χ0n) is 15.4. The number of nitro benzene ring substituents is 1. The average Bonchev–Trinajstić information content (AvgIpc) is 3.49. The maximum Gasteiger partial charge on any atom is 0.269 e. The van der Waals surface area contributed by atoms with Crippen LogP contribution in [0.3, 0.4) is 0 Å². The molecule has 1 aliphatic heterocycles. The Bertz CT molecular complexity index is 1170. The van der Waals surface area contributed by atoms with Crippen molar-refractivity contribution in [2.75, 3.05) is 11.9 Å². The van der Waals surface area contributed by atoms with Crippen LogP contribution >= 0.6 is 22.7 Å². The number of amides is 1. The standard InChI is InChI=1S/C18H16N4O5S3/c23-17(15-3-1-9-21(15)30(26,27)16-4-2-10-28-16)20-18-19-14(11-29-18)12-5-7-13(8-6-12)22(24)25/h2,4-8,10-11,15H,1,3,9H2,(H,19,20,23). The Morgan fingerprint density at radius 1 is 1.23 bits per heavy atom. The quantitative estimate of drug-likeness (QED) is 0.439. The fraction of sp³-hybridized carbons (Fsp3) is 0.222. The Balaban J connectivity index is 1.48. The van der Waals surface area contributed by atoms with Gasteiger partial charge in [-0.15, -0.1) is 22.7 Å². The second kappa shape index (κ2) is 8.22. The van der Waals surface area contributed by atoms with Crippen LogP contribution in [0.25, 0.3) is 11.3 Å². The van der Waals surface area contributed by atoms with Crippen molar-refractivity contribution in [1.29, 1.82) is 0 Å². The summed E-state index contributed by atoms with van der Waals surface area (Å²) in [4.78, 5) is 27.4. The second-order valence-electron chi connectivity index (χ2n) is 6.54. The molecule has 0 spiro atoms.